The monoisotopic (exact) mass is 323 g/mol. The minimum atomic E-state index is 0.153. The first-order valence-corrected chi connectivity index (χ1v) is 8.79. The molecule has 0 bridgehead atoms. The lowest BCUT2D eigenvalue weighted by Gasteiger charge is -2.32. The molecule has 4 nitrogen and oxygen atoms in total. The van der Waals surface area contributed by atoms with Gasteiger partial charge in [-0.3, -0.25) is 9.78 Å². The van der Waals surface area contributed by atoms with Crippen LogP contribution in [0.1, 0.15) is 24.8 Å². The molecule has 3 rings (SSSR count). The number of nitrogens with one attached hydrogen (secondary N) is 1. The highest BCUT2D eigenvalue weighted by Crippen LogP contribution is 2.22. The average Bonchev–Trinajstić information content (AvgIpc) is 2.67. The first kappa shape index (κ1) is 16.5. The highest BCUT2D eigenvalue weighted by Gasteiger charge is 2.24. The van der Waals surface area contributed by atoms with Crippen molar-refractivity contribution in [3.05, 3.63) is 60.4 Å². The molecule has 1 N–H and O–H groups in total. The van der Waals surface area contributed by atoms with Crippen molar-refractivity contribution in [1.82, 2.24) is 10.3 Å². The predicted octanol–water partition coefficient (Wildman–Crippen LogP) is 3.05. The van der Waals surface area contributed by atoms with E-state index in [1.54, 1.807) is 0 Å². The molecule has 0 unspecified atom stereocenters. The summed E-state index contributed by atoms with van der Waals surface area (Å²) < 4.78 is 0. The molecule has 1 saturated heterocycles. The number of benzene rings is 1. The predicted molar refractivity (Wildman–Crippen MR) is 96.9 cm³/mol. The van der Waals surface area contributed by atoms with Gasteiger partial charge in [-0.25, -0.2) is 0 Å². The normalized spacial score (nSPS) is 15.2. The van der Waals surface area contributed by atoms with Gasteiger partial charge in [0.2, 0.25) is 5.91 Å². The van der Waals surface area contributed by atoms with E-state index in [2.05, 4.69) is 39.5 Å². The van der Waals surface area contributed by atoms with E-state index in [9.17, 15) is 4.79 Å². The number of aryl methyl sites for hydroxylation is 1. The van der Waals surface area contributed by atoms with Crippen LogP contribution in [0.15, 0.2) is 54.9 Å². The zero-order valence-corrected chi connectivity index (χ0v) is 14.0. The van der Waals surface area contributed by atoms with Gasteiger partial charge in [0.05, 0.1) is 0 Å². The van der Waals surface area contributed by atoms with Gasteiger partial charge < -0.3 is 10.2 Å². The fourth-order valence-electron chi connectivity index (χ4n) is 3.25. The fourth-order valence-corrected chi connectivity index (χ4v) is 3.25. The molecule has 0 spiro atoms. The molecule has 1 aliphatic heterocycles. The minimum Gasteiger partial charge on any atom is -0.371 e. The molecule has 2 aromatic rings. The molecule has 2 heterocycles. The van der Waals surface area contributed by atoms with Crippen molar-refractivity contribution in [2.24, 2.45) is 5.92 Å². The molecule has 0 saturated carbocycles. The lowest BCUT2D eigenvalue weighted by molar-refractivity contribution is -0.125. The van der Waals surface area contributed by atoms with Gasteiger partial charge in [0.15, 0.2) is 0 Å². The molecule has 24 heavy (non-hydrogen) atoms. The summed E-state index contributed by atoms with van der Waals surface area (Å²) in [7, 11) is 0. The highest BCUT2D eigenvalue weighted by atomic mass is 16.1. The number of anilines is 1. The topological polar surface area (TPSA) is 45.2 Å². The van der Waals surface area contributed by atoms with E-state index in [4.69, 9.17) is 0 Å². The van der Waals surface area contributed by atoms with Gasteiger partial charge in [-0.2, -0.15) is 0 Å². The van der Waals surface area contributed by atoms with Gasteiger partial charge in [0, 0.05) is 43.6 Å². The lowest BCUT2D eigenvalue weighted by Crippen LogP contribution is -2.40. The summed E-state index contributed by atoms with van der Waals surface area (Å²) in [5.41, 5.74) is 2.53. The zero-order chi connectivity index (χ0) is 16.6. The Morgan fingerprint density at radius 1 is 1.08 bits per heavy atom. The number of carbonyl (C=O) groups is 1. The molecular formula is C20H25N3O. The van der Waals surface area contributed by atoms with Crippen LogP contribution in [0.2, 0.25) is 0 Å². The summed E-state index contributed by atoms with van der Waals surface area (Å²) in [6.07, 6.45) is 7.49. The largest absolute Gasteiger partial charge is 0.371 e. The molecule has 1 fully saturated rings. The third kappa shape index (κ3) is 4.57. The maximum absolute atomic E-state index is 12.3. The summed E-state index contributed by atoms with van der Waals surface area (Å²) in [5, 5.41) is 3.11. The molecule has 1 aromatic heterocycles. The van der Waals surface area contributed by atoms with Crippen molar-refractivity contribution in [2.75, 3.05) is 24.5 Å². The smallest absolute Gasteiger partial charge is 0.223 e. The van der Waals surface area contributed by atoms with Crippen LogP contribution in [0.3, 0.4) is 0 Å². The first-order chi connectivity index (χ1) is 11.8. The van der Waals surface area contributed by atoms with Gasteiger partial charge in [-0.05, 0) is 43.4 Å². The summed E-state index contributed by atoms with van der Waals surface area (Å²) in [5.74, 6) is 0.372. The van der Waals surface area contributed by atoms with E-state index in [0.717, 1.165) is 45.3 Å². The molecule has 1 aromatic carbocycles. The molecule has 0 aliphatic carbocycles. The molecule has 1 aliphatic rings. The lowest BCUT2D eigenvalue weighted by atomic mass is 9.95. The number of pyridine rings is 1. The van der Waals surface area contributed by atoms with Crippen LogP contribution in [0.5, 0.6) is 0 Å². The second-order valence-electron chi connectivity index (χ2n) is 6.35. The van der Waals surface area contributed by atoms with Gasteiger partial charge in [0.25, 0.3) is 0 Å². The third-order valence-electron chi connectivity index (χ3n) is 4.68. The van der Waals surface area contributed by atoms with Crippen molar-refractivity contribution < 1.29 is 4.79 Å². The average molecular weight is 323 g/mol. The summed E-state index contributed by atoms with van der Waals surface area (Å²) in [4.78, 5) is 18.7. The van der Waals surface area contributed by atoms with Crippen molar-refractivity contribution in [2.45, 2.75) is 25.7 Å². The quantitative estimate of drug-likeness (QED) is 0.831. The minimum absolute atomic E-state index is 0.153. The maximum Gasteiger partial charge on any atom is 0.223 e. The van der Waals surface area contributed by atoms with Crippen molar-refractivity contribution in [3.63, 3.8) is 0 Å². The Kier molecular flexibility index (Phi) is 5.83. The Bertz CT molecular complexity index is 622. The van der Waals surface area contributed by atoms with E-state index in [1.807, 2.05) is 30.6 Å². The Hall–Kier alpha value is -2.36. The number of aromatic nitrogens is 1. The number of hydrogen-bond acceptors (Lipinski definition) is 3. The zero-order valence-electron chi connectivity index (χ0n) is 14.0. The van der Waals surface area contributed by atoms with Crippen LogP contribution >= 0.6 is 0 Å². The summed E-state index contributed by atoms with van der Waals surface area (Å²) in [6.45, 7) is 2.64. The van der Waals surface area contributed by atoms with Gasteiger partial charge in [0.1, 0.15) is 0 Å². The number of carbonyl (C=O) groups excluding carboxylic acids is 1. The Morgan fingerprint density at radius 3 is 2.50 bits per heavy atom. The Labute approximate surface area is 143 Å². The molecule has 4 heteroatoms. The molecule has 0 radical (unpaired) electrons. The highest BCUT2D eigenvalue weighted by molar-refractivity contribution is 5.79. The van der Waals surface area contributed by atoms with E-state index in [0.29, 0.717) is 0 Å². The van der Waals surface area contributed by atoms with Crippen LogP contribution in [-0.4, -0.2) is 30.5 Å². The summed E-state index contributed by atoms with van der Waals surface area (Å²) >= 11 is 0. The molecule has 1 amide bonds. The van der Waals surface area contributed by atoms with Crippen LogP contribution in [0, 0.1) is 5.92 Å². The van der Waals surface area contributed by atoms with Gasteiger partial charge in [-0.15, -0.1) is 0 Å². The number of nitrogens with zero attached hydrogens (tertiary/aromatic N) is 2. The van der Waals surface area contributed by atoms with Crippen LogP contribution in [0.25, 0.3) is 0 Å². The second-order valence-corrected chi connectivity index (χ2v) is 6.35. The number of rotatable bonds is 6. The van der Waals surface area contributed by atoms with Gasteiger partial charge >= 0.3 is 0 Å². The Morgan fingerprint density at radius 2 is 1.79 bits per heavy atom. The van der Waals surface area contributed by atoms with Crippen molar-refractivity contribution >= 4 is 11.6 Å². The van der Waals surface area contributed by atoms with Crippen molar-refractivity contribution in [3.8, 4) is 0 Å². The van der Waals surface area contributed by atoms with E-state index in [1.165, 1.54) is 11.3 Å². The molecule has 0 atom stereocenters. The number of amides is 1. The number of piperidine rings is 1. The first-order valence-electron chi connectivity index (χ1n) is 8.79. The summed E-state index contributed by atoms with van der Waals surface area (Å²) in [6, 6.07) is 14.5. The maximum atomic E-state index is 12.3. The Balaban J connectivity index is 1.36. The number of hydrogen-bond donors (Lipinski definition) is 1. The van der Waals surface area contributed by atoms with E-state index in [-0.39, 0.29) is 11.8 Å². The second kappa shape index (κ2) is 8.48. The van der Waals surface area contributed by atoms with Gasteiger partial charge in [-0.1, -0.05) is 30.3 Å². The standard InChI is InChI=1S/C20H25N3O/c24-20(22-12-4-7-17-5-2-1-3-6-17)18-10-15-23(16-11-18)19-8-13-21-14-9-19/h1-3,5-6,8-9,13-14,18H,4,7,10-12,15-16H2,(H,22,24). The third-order valence-corrected chi connectivity index (χ3v) is 4.68. The molecular weight excluding hydrogens is 298 g/mol. The van der Waals surface area contributed by atoms with Crippen LogP contribution < -0.4 is 10.2 Å². The van der Waals surface area contributed by atoms with Crippen LogP contribution in [-0.2, 0) is 11.2 Å². The van der Waals surface area contributed by atoms with Crippen LogP contribution in [0.4, 0.5) is 5.69 Å². The van der Waals surface area contributed by atoms with Crippen molar-refractivity contribution in [1.29, 1.82) is 0 Å². The fraction of sp³-hybridized carbons (Fsp3) is 0.400. The SMILES string of the molecule is O=C(NCCCc1ccccc1)C1CCN(c2ccncc2)CC1. The molecule has 126 valence electrons. The van der Waals surface area contributed by atoms with E-state index >= 15 is 0 Å². The van der Waals surface area contributed by atoms with E-state index < -0.39 is 0 Å².